The smallest absolute Gasteiger partial charge is 0.224 e. The zero-order valence-electron chi connectivity index (χ0n) is 12.3. The molecular weight excluding hydrogens is 285 g/mol. The van der Waals surface area contributed by atoms with Crippen molar-refractivity contribution in [1.29, 1.82) is 0 Å². The van der Waals surface area contributed by atoms with Crippen LogP contribution in [0.15, 0.2) is 48.5 Å². The average molecular weight is 303 g/mol. The number of carbonyl (C=O) groups is 1. The van der Waals surface area contributed by atoms with Crippen LogP contribution in [0.3, 0.4) is 0 Å². The van der Waals surface area contributed by atoms with Gasteiger partial charge in [-0.3, -0.25) is 4.79 Å². The quantitative estimate of drug-likeness (QED) is 0.862. The third-order valence-corrected chi connectivity index (χ3v) is 3.01. The Balaban J connectivity index is 1.77. The molecule has 4 nitrogen and oxygen atoms in total. The fraction of sp³-hybridized carbons (Fsp3) is 0.235. The van der Waals surface area contributed by atoms with Crippen LogP contribution in [-0.4, -0.2) is 23.7 Å². The molecule has 0 heterocycles. The zero-order chi connectivity index (χ0) is 15.9. The first-order chi connectivity index (χ1) is 10.5. The number of aromatic hydroxyl groups is 1. The van der Waals surface area contributed by atoms with Crippen LogP contribution in [0.1, 0.15) is 12.5 Å². The van der Waals surface area contributed by atoms with Gasteiger partial charge in [0.25, 0.3) is 0 Å². The van der Waals surface area contributed by atoms with Gasteiger partial charge in [0, 0.05) is 0 Å². The van der Waals surface area contributed by atoms with E-state index in [-0.39, 0.29) is 30.0 Å². The summed E-state index contributed by atoms with van der Waals surface area (Å²) in [4.78, 5) is 11.8. The summed E-state index contributed by atoms with van der Waals surface area (Å²) < 4.78 is 18.4. The molecule has 0 spiro atoms. The van der Waals surface area contributed by atoms with E-state index >= 15 is 0 Å². The van der Waals surface area contributed by atoms with E-state index in [1.54, 1.807) is 36.4 Å². The Bertz CT molecular complexity index is 628. The molecule has 0 aromatic heterocycles. The van der Waals surface area contributed by atoms with Gasteiger partial charge >= 0.3 is 0 Å². The van der Waals surface area contributed by atoms with Crippen LogP contribution in [-0.2, 0) is 11.2 Å². The van der Waals surface area contributed by atoms with E-state index in [4.69, 9.17) is 4.74 Å². The fourth-order valence-corrected chi connectivity index (χ4v) is 1.96. The van der Waals surface area contributed by atoms with E-state index in [0.29, 0.717) is 12.3 Å². The van der Waals surface area contributed by atoms with Crippen LogP contribution < -0.4 is 10.1 Å². The normalized spacial score (nSPS) is 11.7. The molecule has 0 fully saturated rings. The summed E-state index contributed by atoms with van der Waals surface area (Å²) in [5.74, 6) is 0.217. The van der Waals surface area contributed by atoms with Crippen molar-refractivity contribution in [2.75, 3.05) is 6.54 Å². The minimum absolute atomic E-state index is 0.137. The maximum Gasteiger partial charge on any atom is 0.224 e. The molecule has 0 unspecified atom stereocenters. The molecule has 2 rings (SSSR count). The SMILES string of the molecule is C[C@H](CNC(=O)Cc1cccc(O)c1)Oc1ccc(F)cc1. The van der Waals surface area contributed by atoms with Crippen LogP contribution in [0.5, 0.6) is 11.5 Å². The number of hydrogen-bond acceptors (Lipinski definition) is 3. The highest BCUT2D eigenvalue weighted by Gasteiger charge is 2.08. The van der Waals surface area contributed by atoms with E-state index in [1.807, 2.05) is 6.92 Å². The molecule has 5 heteroatoms. The van der Waals surface area contributed by atoms with Crippen LogP contribution in [0.2, 0.25) is 0 Å². The Morgan fingerprint density at radius 2 is 2.00 bits per heavy atom. The van der Waals surface area contributed by atoms with E-state index < -0.39 is 0 Å². The molecule has 0 saturated carbocycles. The van der Waals surface area contributed by atoms with Crippen LogP contribution in [0.25, 0.3) is 0 Å². The summed E-state index contributed by atoms with van der Waals surface area (Å²) in [6.07, 6.45) is -0.0453. The van der Waals surface area contributed by atoms with Gasteiger partial charge in [-0.05, 0) is 48.9 Å². The van der Waals surface area contributed by atoms with Gasteiger partial charge in [-0.25, -0.2) is 4.39 Å². The summed E-state index contributed by atoms with van der Waals surface area (Å²) in [7, 11) is 0. The predicted molar refractivity (Wildman–Crippen MR) is 81.3 cm³/mol. The lowest BCUT2D eigenvalue weighted by Gasteiger charge is -2.15. The van der Waals surface area contributed by atoms with Gasteiger partial charge in [0.15, 0.2) is 0 Å². The summed E-state index contributed by atoms with van der Waals surface area (Å²) >= 11 is 0. The molecule has 0 aliphatic heterocycles. The van der Waals surface area contributed by atoms with Crippen molar-refractivity contribution >= 4 is 5.91 Å². The largest absolute Gasteiger partial charge is 0.508 e. The number of carbonyl (C=O) groups excluding carboxylic acids is 1. The second-order valence-corrected chi connectivity index (χ2v) is 5.03. The maximum atomic E-state index is 12.8. The molecule has 2 N–H and O–H groups in total. The molecule has 0 aliphatic rings. The van der Waals surface area contributed by atoms with Gasteiger partial charge in [-0.15, -0.1) is 0 Å². The number of amides is 1. The lowest BCUT2D eigenvalue weighted by atomic mass is 10.1. The second-order valence-electron chi connectivity index (χ2n) is 5.03. The first-order valence-corrected chi connectivity index (χ1v) is 7.00. The monoisotopic (exact) mass is 303 g/mol. The summed E-state index contributed by atoms with van der Waals surface area (Å²) in [6.45, 7) is 2.16. The number of benzene rings is 2. The Morgan fingerprint density at radius 1 is 1.27 bits per heavy atom. The highest BCUT2D eigenvalue weighted by atomic mass is 19.1. The molecule has 1 atom stereocenters. The Kier molecular flexibility index (Phi) is 5.36. The van der Waals surface area contributed by atoms with Gasteiger partial charge in [0.2, 0.25) is 5.91 Å². The number of halogens is 1. The topological polar surface area (TPSA) is 58.6 Å². The minimum atomic E-state index is -0.320. The second kappa shape index (κ2) is 7.45. The predicted octanol–water partition coefficient (Wildman–Crippen LogP) is 2.66. The van der Waals surface area contributed by atoms with Crippen molar-refractivity contribution in [3.05, 3.63) is 59.9 Å². The van der Waals surface area contributed by atoms with E-state index in [2.05, 4.69) is 5.32 Å². The lowest BCUT2D eigenvalue weighted by molar-refractivity contribution is -0.120. The minimum Gasteiger partial charge on any atom is -0.508 e. The van der Waals surface area contributed by atoms with Gasteiger partial charge in [0.05, 0.1) is 13.0 Å². The molecule has 0 saturated heterocycles. The van der Waals surface area contributed by atoms with Crippen LogP contribution >= 0.6 is 0 Å². The molecular formula is C17H18FNO3. The van der Waals surface area contributed by atoms with Gasteiger partial charge in [-0.2, -0.15) is 0 Å². The maximum absolute atomic E-state index is 12.8. The van der Waals surface area contributed by atoms with Gasteiger partial charge in [-0.1, -0.05) is 12.1 Å². The molecule has 0 aliphatic carbocycles. The first-order valence-electron chi connectivity index (χ1n) is 7.00. The molecule has 2 aromatic rings. The van der Waals surface area contributed by atoms with Crippen molar-refractivity contribution in [3.63, 3.8) is 0 Å². The third kappa shape index (κ3) is 5.09. The average Bonchev–Trinajstić information content (AvgIpc) is 2.48. The number of hydrogen-bond donors (Lipinski definition) is 2. The molecule has 2 aromatic carbocycles. The molecule has 22 heavy (non-hydrogen) atoms. The number of phenolic OH excluding ortho intramolecular Hbond substituents is 1. The summed E-state index contributed by atoms with van der Waals surface area (Å²) in [5, 5.41) is 12.1. The van der Waals surface area contributed by atoms with E-state index in [0.717, 1.165) is 5.56 Å². The fourth-order valence-electron chi connectivity index (χ4n) is 1.96. The number of ether oxygens (including phenoxy) is 1. The number of rotatable bonds is 6. The molecule has 0 bridgehead atoms. The van der Waals surface area contributed by atoms with Gasteiger partial charge in [0.1, 0.15) is 23.4 Å². The van der Waals surface area contributed by atoms with Crippen molar-refractivity contribution in [2.45, 2.75) is 19.4 Å². The Morgan fingerprint density at radius 3 is 2.68 bits per heavy atom. The Labute approximate surface area is 128 Å². The highest BCUT2D eigenvalue weighted by molar-refractivity contribution is 5.78. The summed E-state index contributed by atoms with van der Waals surface area (Å²) in [5.41, 5.74) is 0.740. The van der Waals surface area contributed by atoms with Crippen molar-refractivity contribution in [2.24, 2.45) is 0 Å². The molecule has 0 radical (unpaired) electrons. The lowest BCUT2D eigenvalue weighted by Crippen LogP contribution is -2.34. The third-order valence-electron chi connectivity index (χ3n) is 3.01. The zero-order valence-corrected chi connectivity index (χ0v) is 12.3. The first kappa shape index (κ1) is 15.8. The van der Waals surface area contributed by atoms with Crippen molar-refractivity contribution in [3.8, 4) is 11.5 Å². The summed E-state index contributed by atoms with van der Waals surface area (Å²) in [6, 6.07) is 12.3. The van der Waals surface area contributed by atoms with Crippen molar-refractivity contribution in [1.82, 2.24) is 5.32 Å². The number of phenols is 1. The highest BCUT2D eigenvalue weighted by Crippen LogP contribution is 2.13. The van der Waals surface area contributed by atoms with Gasteiger partial charge < -0.3 is 15.2 Å². The number of nitrogens with one attached hydrogen (secondary N) is 1. The van der Waals surface area contributed by atoms with E-state index in [1.165, 1.54) is 12.1 Å². The standard InChI is InChI=1S/C17H18FNO3/c1-12(22-16-7-5-14(18)6-8-16)11-19-17(21)10-13-3-2-4-15(20)9-13/h2-9,12,20H,10-11H2,1H3,(H,19,21)/t12-/m1/s1. The molecule has 1 amide bonds. The van der Waals surface area contributed by atoms with Crippen LogP contribution in [0, 0.1) is 5.82 Å². The van der Waals surface area contributed by atoms with Crippen LogP contribution in [0.4, 0.5) is 4.39 Å². The Hall–Kier alpha value is -2.56. The van der Waals surface area contributed by atoms with Crippen molar-refractivity contribution < 1.29 is 19.0 Å². The van der Waals surface area contributed by atoms with E-state index in [9.17, 15) is 14.3 Å². The molecule has 116 valence electrons.